The van der Waals surface area contributed by atoms with Crippen molar-refractivity contribution in [1.29, 1.82) is 0 Å². The van der Waals surface area contributed by atoms with E-state index >= 15 is 0 Å². The van der Waals surface area contributed by atoms with Gasteiger partial charge in [-0.1, -0.05) is 0 Å². The molecular formula is C6H19OSiTi. The molecule has 1 N–H and O–H groups in total. The molecule has 0 unspecified atom stereocenters. The molecule has 0 amide bonds. The first-order chi connectivity index (χ1) is 2.00. The average Bonchev–Trinajstić information content (AvgIpc) is 0.722. The van der Waals surface area contributed by atoms with E-state index in [1.54, 1.807) is 0 Å². The van der Waals surface area contributed by atoms with Gasteiger partial charge in [-0.15, -0.1) is 0 Å². The molecule has 0 aliphatic rings. The SMILES string of the molecule is C[Si](C)(C)O.[CH3-].[CH3-].[CH3-].[Ti+3]. The topological polar surface area (TPSA) is 20.2 Å². The number of hydrogen-bond acceptors (Lipinski definition) is 1. The molecule has 0 saturated heterocycles. The predicted molar refractivity (Wildman–Crippen MR) is 44.8 cm³/mol. The molecule has 0 heterocycles. The van der Waals surface area contributed by atoms with Gasteiger partial charge in [0, 0.05) is 0 Å². The molecule has 0 aliphatic heterocycles. The summed E-state index contributed by atoms with van der Waals surface area (Å²) >= 11 is 0. The van der Waals surface area contributed by atoms with Crippen LogP contribution in [0.4, 0.5) is 0 Å². The first kappa shape index (κ1) is 32.7. The van der Waals surface area contributed by atoms with Gasteiger partial charge >= 0.3 is 21.7 Å². The number of hydrogen-bond donors (Lipinski definition) is 1. The van der Waals surface area contributed by atoms with Crippen LogP contribution in [0.15, 0.2) is 0 Å². The molecule has 1 nitrogen and oxygen atoms in total. The van der Waals surface area contributed by atoms with Gasteiger partial charge in [0.05, 0.1) is 0 Å². The molecule has 0 aromatic carbocycles. The van der Waals surface area contributed by atoms with Crippen molar-refractivity contribution >= 4 is 8.32 Å². The summed E-state index contributed by atoms with van der Waals surface area (Å²) in [5.74, 6) is 0. The Bertz CT molecular complexity index is 28.5. The largest absolute Gasteiger partial charge is 3.00 e. The van der Waals surface area contributed by atoms with Crippen LogP contribution in [-0.4, -0.2) is 13.1 Å². The maximum atomic E-state index is 8.66. The predicted octanol–water partition coefficient (Wildman–Crippen LogP) is 2.16. The van der Waals surface area contributed by atoms with Gasteiger partial charge in [0.25, 0.3) is 0 Å². The maximum absolute atomic E-state index is 8.66. The fourth-order valence-corrected chi connectivity index (χ4v) is 0. The van der Waals surface area contributed by atoms with Crippen molar-refractivity contribution in [3.05, 3.63) is 22.3 Å². The van der Waals surface area contributed by atoms with Crippen LogP contribution in [0.2, 0.25) is 19.6 Å². The van der Waals surface area contributed by atoms with E-state index in [-0.39, 0.29) is 44.0 Å². The first-order valence-corrected chi connectivity index (χ1v) is 5.17. The molecule has 3 heteroatoms. The molecular weight excluding hydrogens is 164 g/mol. The third kappa shape index (κ3) is 532. The molecule has 0 rings (SSSR count). The molecule has 0 aromatic rings. The summed E-state index contributed by atoms with van der Waals surface area (Å²) in [5.41, 5.74) is 0. The van der Waals surface area contributed by atoms with E-state index in [4.69, 9.17) is 4.80 Å². The fraction of sp³-hybridized carbons (Fsp3) is 0.500. The third-order valence-corrected chi connectivity index (χ3v) is 0. The van der Waals surface area contributed by atoms with Gasteiger partial charge < -0.3 is 27.1 Å². The van der Waals surface area contributed by atoms with Crippen molar-refractivity contribution in [2.45, 2.75) is 19.6 Å². The molecule has 0 spiro atoms. The van der Waals surface area contributed by atoms with Crippen molar-refractivity contribution < 1.29 is 26.5 Å². The Morgan fingerprint density at radius 1 is 0.889 bits per heavy atom. The van der Waals surface area contributed by atoms with Gasteiger partial charge in [-0.25, -0.2) is 0 Å². The molecule has 0 aromatic heterocycles. The van der Waals surface area contributed by atoms with Crippen LogP contribution < -0.4 is 0 Å². The molecule has 0 bridgehead atoms. The van der Waals surface area contributed by atoms with E-state index in [0.717, 1.165) is 0 Å². The average molecular weight is 183 g/mol. The van der Waals surface area contributed by atoms with Gasteiger partial charge in [-0.3, -0.25) is 0 Å². The zero-order chi connectivity index (χ0) is 4.50. The minimum atomic E-state index is -1.61. The minimum Gasteiger partial charge on any atom is -0.433 e. The van der Waals surface area contributed by atoms with Crippen molar-refractivity contribution in [2.24, 2.45) is 0 Å². The molecule has 9 heavy (non-hydrogen) atoms. The van der Waals surface area contributed by atoms with Crippen LogP contribution in [-0.2, 0) is 21.7 Å². The van der Waals surface area contributed by atoms with E-state index in [2.05, 4.69) is 0 Å². The van der Waals surface area contributed by atoms with E-state index in [1.807, 2.05) is 19.6 Å². The van der Waals surface area contributed by atoms with Crippen LogP contribution in [0.3, 0.4) is 0 Å². The van der Waals surface area contributed by atoms with E-state index in [1.165, 1.54) is 0 Å². The zero-order valence-corrected chi connectivity index (χ0v) is 10.0. The van der Waals surface area contributed by atoms with Crippen LogP contribution in [0, 0.1) is 22.3 Å². The smallest absolute Gasteiger partial charge is 0.433 e. The quantitative estimate of drug-likeness (QED) is 0.450. The van der Waals surface area contributed by atoms with Crippen LogP contribution in [0.1, 0.15) is 0 Å². The Labute approximate surface area is 76.9 Å². The second kappa shape index (κ2) is 11.7. The van der Waals surface area contributed by atoms with Gasteiger partial charge in [-0.2, -0.15) is 0 Å². The van der Waals surface area contributed by atoms with Crippen molar-refractivity contribution in [3.8, 4) is 0 Å². The molecule has 0 aliphatic carbocycles. The summed E-state index contributed by atoms with van der Waals surface area (Å²) in [4.78, 5) is 8.66. The second-order valence-corrected chi connectivity index (χ2v) is 6.51. The summed E-state index contributed by atoms with van der Waals surface area (Å²) in [6.45, 7) is 5.65. The first-order valence-electron chi connectivity index (χ1n) is 1.72. The van der Waals surface area contributed by atoms with Crippen molar-refractivity contribution in [3.63, 3.8) is 0 Å². The van der Waals surface area contributed by atoms with Gasteiger partial charge in [-0.05, 0) is 19.6 Å². The molecule has 57 valence electrons. The van der Waals surface area contributed by atoms with Crippen LogP contribution in [0.25, 0.3) is 0 Å². The minimum absolute atomic E-state index is 0. The summed E-state index contributed by atoms with van der Waals surface area (Å²) in [7, 11) is -1.61. The molecule has 1 radical (unpaired) electrons. The van der Waals surface area contributed by atoms with Crippen LogP contribution >= 0.6 is 0 Å². The summed E-state index contributed by atoms with van der Waals surface area (Å²) < 4.78 is 0. The van der Waals surface area contributed by atoms with Gasteiger partial charge in [0.1, 0.15) is 0 Å². The Morgan fingerprint density at radius 2 is 0.889 bits per heavy atom. The van der Waals surface area contributed by atoms with Gasteiger partial charge in [0.2, 0.25) is 0 Å². The maximum Gasteiger partial charge on any atom is 3.00 e. The Kier molecular flexibility index (Phi) is 42.3. The standard InChI is InChI=1S/C3H10OSi.3CH3.Ti/c1-5(2,3)4;;;;/h4H,1-3H3;3*1H3;/q;3*-1;+3. The molecule has 0 saturated carbocycles. The van der Waals surface area contributed by atoms with Crippen molar-refractivity contribution in [1.82, 2.24) is 0 Å². The van der Waals surface area contributed by atoms with E-state index in [9.17, 15) is 0 Å². The van der Waals surface area contributed by atoms with E-state index in [0.29, 0.717) is 0 Å². The monoisotopic (exact) mass is 183 g/mol. The summed E-state index contributed by atoms with van der Waals surface area (Å²) in [6.07, 6.45) is 0. The Hall–Kier alpha value is 0.891. The summed E-state index contributed by atoms with van der Waals surface area (Å²) in [5, 5.41) is 0. The van der Waals surface area contributed by atoms with Crippen molar-refractivity contribution in [2.75, 3.05) is 0 Å². The third-order valence-electron chi connectivity index (χ3n) is 0. The Morgan fingerprint density at radius 3 is 0.889 bits per heavy atom. The summed E-state index contributed by atoms with van der Waals surface area (Å²) in [6, 6.07) is 0. The molecule has 0 atom stereocenters. The van der Waals surface area contributed by atoms with E-state index < -0.39 is 8.32 Å². The molecule has 0 fully saturated rings. The van der Waals surface area contributed by atoms with Crippen LogP contribution in [0.5, 0.6) is 0 Å². The zero-order valence-electron chi connectivity index (χ0n) is 7.45. The number of rotatable bonds is 0. The van der Waals surface area contributed by atoms with Gasteiger partial charge in [0.15, 0.2) is 8.32 Å². The fourth-order valence-electron chi connectivity index (χ4n) is 0. The normalized spacial score (nSPS) is 6.67. The Balaban J connectivity index is -0.0000000133. The second-order valence-electron chi connectivity index (χ2n) is 2.17.